The molecule has 0 saturated carbocycles. The van der Waals surface area contributed by atoms with Gasteiger partial charge < -0.3 is 10.2 Å². The lowest BCUT2D eigenvalue weighted by Crippen LogP contribution is -2.23. The number of carbonyl (C=O) groups excluding carboxylic acids is 1. The van der Waals surface area contributed by atoms with Crippen LogP contribution in [0.2, 0.25) is 0 Å². The Hall–Kier alpha value is -4.14. The average molecular weight is 451 g/mol. The largest absolute Gasteiger partial charge is 0.363 e. The van der Waals surface area contributed by atoms with E-state index in [-0.39, 0.29) is 22.8 Å². The number of nitrogens with one attached hydrogen (secondary N) is 2. The van der Waals surface area contributed by atoms with E-state index in [2.05, 4.69) is 10.4 Å². The maximum absolute atomic E-state index is 14.9. The Bertz CT molecular complexity index is 1410. The van der Waals surface area contributed by atoms with Crippen LogP contribution in [0.25, 0.3) is 16.5 Å². The van der Waals surface area contributed by atoms with Crippen molar-refractivity contribution in [3.8, 4) is 5.69 Å². The Morgan fingerprint density at radius 1 is 0.970 bits per heavy atom. The van der Waals surface area contributed by atoms with E-state index in [0.29, 0.717) is 11.1 Å². The highest BCUT2D eigenvalue weighted by Gasteiger charge is 2.21. The predicted octanol–water partition coefficient (Wildman–Crippen LogP) is 4.89. The minimum absolute atomic E-state index is 0.0494. The summed E-state index contributed by atoms with van der Waals surface area (Å²) >= 11 is 0. The van der Waals surface area contributed by atoms with Gasteiger partial charge in [-0.15, -0.1) is 0 Å². The molecule has 1 aromatic heterocycles. The zero-order chi connectivity index (χ0) is 23.9. The quantitative estimate of drug-likeness (QED) is 0.343. The molecule has 1 heterocycles. The van der Waals surface area contributed by atoms with Crippen molar-refractivity contribution >= 4 is 28.2 Å². The van der Waals surface area contributed by atoms with Gasteiger partial charge in [0.2, 0.25) is 0 Å². The third-order valence-corrected chi connectivity index (χ3v) is 5.11. The lowest BCUT2D eigenvalue weighted by molar-refractivity contribution is 0.101. The Labute approximate surface area is 187 Å². The van der Waals surface area contributed by atoms with Crippen molar-refractivity contribution in [2.75, 3.05) is 19.4 Å². The van der Waals surface area contributed by atoms with E-state index in [1.807, 2.05) is 6.07 Å². The first kappa shape index (κ1) is 22.1. The number of hydrogen-bond donors (Lipinski definition) is 2. The van der Waals surface area contributed by atoms with Crippen molar-refractivity contribution in [3.05, 3.63) is 89.0 Å². The van der Waals surface area contributed by atoms with Gasteiger partial charge in [0.15, 0.2) is 0 Å². The number of nitrogens with zero attached hydrogens (tertiary/aromatic N) is 3. The number of hydrogen-bond acceptors (Lipinski definition) is 3. The van der Waals surface area contributed by atoms with Gasteiger partial charge in [-0.1, -0.05) is 24.3 Å². The number of benzene rings is 3. The molecule has 33 heavy (non-hydrogen) atoms. The van der Waals surface area contributed by atoms with E-state index in [9.17, 15) is 18.0 Å². The summed E-state index contributed by atoms with van der Waals surface area (Å²) in [6.07, 6.45) is 0. The van der Waals surface area contributed by atoms with E-state index in [1.165, 1.54) is 31.1 Å². The predicted molar refractivity (Wildman–Crippen MR) is 121 cm³/mol. The number of anilines is 1. The molecule has 168 valence electrons. The summed E-state index contributed by atoms with van der Waals surface area (Å²) in [7, 11) is 3.07. The zero-order valence-corrected chi connectivity index (χ0v) is 18.1. The third kappa shape index (κ3) is 4.17. The number of aryl methyl sites for hydroxylation is 1. The number of amides is 1. The van der Waals surface area contributed by atoms with E-state index in [4.69, 9.17) is 5.41 Å². The molecular weight excluding hydrogens is 431 g/mol. The Morgan fingerprint density at radius 2 is 1.64 bits per heavy atom. The molecule has 0 atom stereocenters. The maximum atomic E-state index is 14.9. The Morgan fingerprint density at radius 3 is 2.30 bits per heavy atom. The van der Waals surface area contributed by atoms with Gasteiger partial charge in [0.1, 0.15) is 34.7 Å². The van der Waals surface area contributed by atoms with E-state index in [1.54, 1.807) is 31.2 Å². The van der Waals surface area contributed by atoms with Gasteiger partial charge in [-0.05, 0) is 42.0 Å². The van der Waals surface area contributed by atoms with Crippen LogP contribution in [0.4, 0.5) is 18.9 Å². The molecule has 4 rings (SSSR count). The fourth-order valence-electron chi connectivity index (χ4n) is 3.46. The summed E-state index contributed by atoms with van der Waals surface area (Å²) < 4.78 is 45.1. The van der Waals surface area contributed by atoms with Crippen molar-refractivity contribution in [3.63, 3.8) is 0 Å². The lowest BCUT2D eigenvalue weighted by atomic mass is 10.1. The molecule has 0 fully saturated rings. The van der Waals surface area contributed by atoms with Crippen LogP contribution in [0.15, 0.2) is 54.6 Å². The van der Waals surface area contributed by atoms with Crippen LogP contribution in [0, 0.1) is 29.8 Å². The summed E-state index contributed by atoms with van der Waals surface area (Å²) in [5.74, 6) is -3.38. The minimum atomic E-state index is -0.911. The third-order valence-electron chi connectivity index (χ3n) is 5.11. The first-order valence-electron chi connectivity index (χ1n) is 9.97. The first-order valence-corrected chi connectivity index (χ1v) is 9.97. The first-order chi connectivity index (χ1) is 15.7. The van der Waals surface area contributed by atoms with E-state index < -0.39 is 29.0 Å². The fraction of sp³-hybridized carbons (Fsp3) is 0.125. The van der Waals surface area contributed by atoms with Crippen LogP contribution in [-0.4, -0.2) is 40.5 Å². The van der Waals surface area contributed by atoms with Gasteiger partial charge in [-0.3, -0.25) is 10.2 Å². The van der Waals surface area contributed by atoms with Crippen LogP contribution < -0.4 is 5.32 Å². The maximum Gasteiger partial charge on any atom is 0.274 e. The highest BCUT2D eigenvalue weighted by Crippen LogP contribution is 2.25. The topological polar surface area (TPSA) is 74.0 Å². The molecule has 0 saturated heterocycles. The normalized spacial score (nSPS) is 11.0. The summed E-state index contributed by atoms with van der Waals surface area (Å²) in [6.45, 7) is 1.63. The molecule has 0 aliphatic heterocycles. The molecule has 4 aromatic rings. The van der Waals surface area contributed by atoms with Gasteiger partial charge in [0.05, 0.1) is 16.9 Å². The summed E-state index contributed by atoms with van der Waals surface area (Å²) in [5.41, 5.74) is -0.207. The fourth-order valence-corrected chi connectivity index (χ4v) is 3.46. The molecule has 6 nitrogen and oxygen atoms in total. The van der Waals surface area contributed by atoms with Gasteiger partial charge in [-0.2, -0.15) is 5.10 Å². The Balaban J connectivity index is 1.71. The molecule has 2 N–H and O–H groups in total. The summed E-state index contributed by atoms with van der Waals surface area (Å²) in [6, 6.07) is 13.2. The number of aromatic nitrogens is 2. The molecule has 0 spiro atoms. The van der Waals surface area contributed by atoms with Crippen molar-refractivity contribution in [1.29, 1.82) is 5.41 Å². The Kier molecular flexibility index (Phi) is 5.63. The standard InChI is InChI=1S/C24H20F3N5O/c1-13-8-22(32(30-13)21-10-15-7-5-4-6-14(15)9-19(21)27)24(33)29-20-12-17(25)16(11-18(20)26)23(28)31(2)3/h4-12,28H,1-3H3,(H,29,33). The number of amidine groups is 1. The molecule has 3 aromatic carbocycles. The highest BCUT2D eigenvalue weighted by atomic mass is 19.1. The molecule has 9 heteroatoms. The van der Waals surface area contributed by atoms with E-state index >= 15 is 0 Å². The van der Waals surface area contributed by atoms with Crippen molar-refractivity contribution in [2.45, 2.75) is 6.92 Å². The summed E-state index contributed by atoms with van der Waals surface area (Å²) in [4.78, 5) is 14.3. The second kappa shape index (κ2) is 8.42. The second-order valence-corrected chi connectivity index (χ2v) is 7.74. The van der Waals surface area contributed by atoms with Crippen LogP contribution in [0.5, 0.6) is 0 Å². The van der Waals surface area contributed by atoms with Crippen molar-refractivity contribution in [1.82, 2.24) is 14.7 Å². The monoisotopic (exact) mass is 451 g/mol. The molecule has 0 aliphatic carbocycles. The molecular formula is C24H20F3N5O. The lowest BCUT2D eigenvalue weighted by Gasteiger charge is -2.16. The SMILES string of the molecule is Cc1cc(C(=O)Nc2cc(F)c(C(=N)N(C)C)cc2F)n(-c2cc3ccccc3cc2F)n1. The zero-order valence-electron chi connectivity index (χ0n) is 18.1. The van der Waals surface area contributed by atoms with Gasteiger partial charge >= 0.3 is 0 Å². The molecule has 0 radical (unpaired) electrons. The van der Waals surface area contributed by atoms with Crippen LogP contribution in [0.3, 0.4) is 0 Å². The van der Waals surface area contributed by atoms with Crippen molar-refractivity contribution < 1.29 is 18.0 Å². The number of carbonyl (C=O) groups is 1. The van der Waals surface area contributed by atoms with Crippen LogP contribution >= 0.6 is 0 Å². The number of rotatable bonds is 4. The van der Waals surface area contributed by atoms with E-state index in [0.717, 1.165) is 22.2 Å². The van der Waals surface area contributed by atoms with Gasteiger partial charge in [0, 0.05) is 20.2 Å². The van der Waals surface area contributed by atoms with Gasteiger partial charge in [-0.25, -0.2) is 17.9 Å². The molecule has 1 amide bonds. The number of fused-ring (bicyclic) bond motifs is 1. The van der Waals surface area contributed by atoms with Crippen LogP contribution in [0.1, 0.15) is 21.7 Å². The highest BCUT2D eigenvalue weighted by molar-refractivity contribution is 6.04. The number of halogens is 3. The second-order valence-electron chi connectivity index (χ2n) is 7.74. The van der Waals surface area contributed by atoms with Crippen molar-refractivity contribution in [2.24, 2.45) is 0 Å². The van der Waals surface area contributed by atoms with Gasteiger partial charge in [0.25, 0.3) is 5.91 Å². The molecule has 0 aliphatic rings. The smallest absolute Gasteiger partial charge is 0.274 e. The molecule has 0 unspecified atom stereocenters. The molecule has 0 bridgehead atoms. The minimum Gasteiger partial charge on any atom is -0.363 e. The summed E-state index contributed by atoms with van der Waals surface area (Å²) in [5, 5.41) is 15.8. The van der Waals surface area contributed by atoms with Crippen LogP contribution in [-0.2, 0) is 0 Å². The average Bonchev–Trinajstić information content (AvgIpc) is 3.16.